The first kappa shape index (κ1) is 16.6. The van der Waals surface area contributed by atoms with Crippen molar-refractivity contribution in [1.82, 2.24) is 24.2 Å². The number of rotatable bonds is 4. The Labute approximate surface area is 138 Å². The Kier molecular flexibility index (Phi) is 4.63. The Hall–Kier alpha value is -2.26. The predicted octanol–water partition coefficient (Wildman–Crippen LogP) is -0.779. The van der Waals surface area contributed by atoms with E-state index in [2.05, 4.69) is 10.1 Å². The van der Waals surface area contributed by atoms with E-state index in [-0.39, 0.29) is 43.4 Å². The van der Waals surface area contributed by atoms with Gasteiger partial charge in [0.25, 0.3) is 5.56 Å². The minimum atomic E-state index is -0.313. The molecule has 1 aliphatic rings. The molecular formula is C15H21N5O4. The maximum absolute atomic E-state index is 12.5. The maximum Gasteiger partial charge on any atom is 0.264 e. The maximum atomic E-state index is 12.5. The Morgan fingerprint density at radius 2 is 2.08 bits per heavy atom. The predicted molar refractivity (Wildman–Crippen MR) is 85.5 cm³/mol. The van der Waals surface area contributed by atoms with E-state index in [1.807, 2.05) is 13.8 Å². The summed E-state index contributed by atoms with van der Waals surface area (Å²) in [5, 5.41) is 13.4. The number of ether oxygens (including phenoxy) is 1. The second-order valence-electron chi connectivity index (χ2n) is 6.06. The molecule has 3 heterocycles. The number of hydrogen-bond donors (Lipinski definition) is 1. The minimum Gasteiger partial charge on any atom is -0.394 e. The third kappa shape index (κ3) is 3.17. The van der Waals surface area contributed by atoms with Crippen LogP contribution in [0.15, 0.2) is 17.3 Å². The van der Waals surface area contributed by atoms with Gasteiger partial charge in [-0.25, -0.2) is 9.67 Å². The standard InChI is InChI=1S/C15H21N5O4/c1-10-6-18(7-11(2)24-10)13(22)8-19-9-16-14-12(15(19)23)5-17-20(14)3-4-21/h5,9-11,21H,3-4,6-8H2,1-2H3/t10-,11-/m1/s1. The molecular weight excluding hydrogens is 314 g/mol. The van der Waals surface area contributed by atoms with E-state index in [4.69, 9.17) is 9.84 Å². The summed E-state index contributed by atoms with van der Waals surface area (Å²) in [6, 6.07) is 0. The first-order chi connectivity index (χ1) is 11.5. The molecule has 1 fully saturated rings. The number of morpholine rings is 1. The number of nitrogens with zero attached hydrogens (tertiary/aromatic N) is 5. The molecule has 9 nitrogen and oxygen atoms in total. The summed E-state index contributed by atoms with van der Waals surface area (Å²) in [6.07, 6.45) is 2.73. The lowest BCUT2D eigenvalue weighted by molar-refractivity contribution is -0.143. The summed E-state index contributed by atoms with van der Waals surface area (Å²) >= 11 is 0. The van der Waals surface area contributed by atoms with E-state index in [0.29, 0.717) is 24.1 Å². The van der Waals surface area contributed by atoms with Gasteiger partial charge in [-0.2, -0.15) is 5.10 Å². The Morgan fingerprint density at radius 1 is 1.38 bits per heavy atom. The second kappa shape index (κ2) is 6.70. The molecule has 0 radical (unpaired) electrons. The van der Waals surface area contributed by atoms with Gasteiger partial charge in [-0.05, 0) is 13.8 Å². The monoisotopic (exact) mass is 335 g/mol. The number of aromatic nitrogens is 4. The number of carbonyl (C=O) groups excluding carboxylic acids is 1. The molecule has 0 bridgehead atoms. The molecule has 130 valence electrons. The van der Waals surface area contributed by atoms with E-state index in [0.717, 1.165) is 0 Å². The van der Waals surface area contributed by atoms with Crippen molar-refractivity contribution in [1.29, 1.82) is 0 Å². The molecule has 0 unspecified atom stereocenters. The molecule has 1 amide bonds. The zero-order chi connectivity index (χ0) is 17.3. The Balaban J connectivity index is 1.81. The van der Waals surface area contributed by atoms with E-state index in [1.54, 1.807) is 4.90 Å². The summed E-state index contributed by atoms with van der Waals surface area (Å²) in [6.45, 7) is 4.99. The molecule has 0 aliphatic carbocycles. The third-order valence-electron chi connectivity index (χ3n) is 4.01. The van der Waals surface area contributed by atoms with Crippen molar-refractivity contribution in [2.75, 3.05) is 19.7 Å². The van der Waals surface area contributed by atoms with Crippen LogP contribution in [0.2, 0.25) is 0 Å². The lowest BCUT2D eigenvalue weighted by Gasteiger charge is -2.35. The van der Waals surface area contributed by atoms with Crippen LogP contribution in [0.1, 0.15) is 13.8 Å². The van der Waals surface area contributed by atoms with Gasteiger partial charge in [0.05, 0.1) is 31.6 Å². The van der Waals surface area contributed by atoms with Crippen LogP contribution >= 0.6 is 0 Å². The molecule has 0 saturated carbocycles. The highest BCUT2D eigenvalue weighted by Crippen LogP contribution is 2.11. The number of carbonyl (C=O) groups is 1. The van der Waals surface area contributed by atoms with Crippen molar-refractivity contribution >= 4 is 16.9 Å². The number of fused-ring (bicyclic) bond motifs is 1. The van der Waals surface area contributed by atoms with E-state index in [9.17, 15) is 9.59 Å². The van der Waals surface area contributed by atoms with Crippen LogP contribution in [-0.2, 0) is 22.6 Å². The normalized spacial score (nSPS) is 21.4. The fourth-order valence-corrected chi connectivity index (χ4v) is 3.00. The molecule has 0 aromatic carbocycles. The van der Waals surface area contributed by atoms with Crippen LogP contribution in [0.5, 0.6) is 0 Å². The molecule has 2 atom stereocenters. The van der Waals surface area contributed by atoms with Gasteiger partial charge >= 0.3 is 0 Å². The molecule has 1 N–H and O–H groups in total. The van der Waals surface area contributed by atoms with E-state index < -0.39 is 0 Å². The molecule has 2 aromatic heterocycles. The SMILES string of the molecule is C[C@@H]1CN(C(=O)Cn2cnc3c(cnn3CCO)c2=O)C[C@@H](C)O1. The highest BCUT2D eigenvalue weighted by Gasteiger charge is 2.26. The minimum absolute atomic E-state index is 0.0215. The van der Waals surface area contributed by atoms with Crippen molar-refractivity contribution < 1.29 is 14.6 Å². The number of amides is 1. The summed E-state index contributed by atoms with van der Waals surface area (Å²) in [7, 11) is 0. The van der Waals surface area contributed by atoms with Gasteiger partial charge in [-0.3, -0.25) is 14.2 Å². The zero-order valence-corrected chi connectivity index (χ0v) is 13.8. The third-order valence-corrected chi connectivity index (χ3v) is 4.01. The Morgan fingerprint density at radius 3 is 2.75 bits per heavy atom. The van der Waals surface area contributed by atoms with Crippen LogP contribution in [0.3, 0.4) is 0 Å². The Bertz CT molecular complexity index is 789. The quantitative estimate of drug-likeness (QED) is 0.786. The molecule has 9 heteroatoms. The topological polar surface area (TPSA) is 102 Å². The molecule has 1 saturated heterocycles. The van der Waals surface area contributed by atoms with Gasteiger partial charge in [0.2, 0.25) is 5.91 Å². The summed E-state index contributed by atoms with van der Waals surface area (Å²) in [4.78, 5) is 30.9. The van der Waals surface area contributed by atoms with Gasteiger partial charge in [-0.1, -0.05) is 0 Å². The molecule has 3 rings (SSSR count). The fraction of sp³-hybridized carbons (Fsp3) is 0.600. The van der Waals surface area contributed by atoms with Crippen molar-refractivity contribution in [2.45, 2.75) is 39.1 Å². The van der Waals surface area contributed by atoms with E-state index >= 15 is 0 Å². The van der Waals surface area contributed by atoms with Gasteiger partial charge in [-0.15, -0.1) is 0 Å². The van der Waals surface area contributed by atoms with Crippen LogP contribution in [-0.4, -0.2) is 67.1 Å². The molecule has 0 spiro atoms. The van der Waals surface area contributed by atoms with Crippen molar-refractivity contribution in [2.24, 2.45) is 0 Å². The summed E-state index contributed by atoms with van der Waals surface area (Å²) in [5.41, 5.74) is 0.0956. The van der Waals surface area contributed by atoms with Crippen molar-refractivity contribution in [3.8, 4) is 0 Å². The van der Waals surface area contributed by atoms with Gasteiger partial charge in [0.15, 0.2) is 5.65 Å². The van der Waals surface area contributed by atoms with Gasteiger partial charge in [0.1, 0.15) is 18.3 Å². The van der Waals surface area contributed by atoms with Crippen LogP contribution in [0, 0.1) is 0 Å². The van der Waals surface area contributed by atoms with Crippen LogP contribution in [0.25, 0.3) is 11.0 Å². The zero-order valence-electron chi connectivity index (χ0n) is 13.8. The average Bonchev–Trinajstić information content (AvgIpc) is 2.93. The van der Waals surface area contributed by atoms with Gasteiger partial charge in [0, 0.05) is 13.1 Å². The molecule has 1 aliphatic heterocycles. The lowest BCUT2D eigenvalue weighted by atomic mass is 10.2. The first-order valence-corrected chi connectivity index (χ1v) is 7.94. The second-order valence-corrected chi connectivity index (χ2v) is 6.06. The van der Waals surface area contributed by atoms with E-state index in [1.165, 1.54) is 21.8 Å². The van der Waals surface area contributed by atoms with Crippen molar-refractivity contribution in [3.63, 3.8) is 0 Å². The number of hydrogen-bond acceptors (Lipinski definition) is 6. The highest BCUT2D eigenvalue weighted by atomic mass is 16.5. The summed E-state index contributed by atoms with van der Waals surface area (Å²) in [5.74, 6) is -0.136. The van der Waals surface area contributed by atoms with Crippen LogP contribution < -0.4 is 5.56 Å². The molecule has 2 aromatic rings. The fourth-order valence-electron chi connectivity index (χ4n) is 3.00. The largest absolute Gasteiger partial charge is 0.394 e. The highest BCUT2D eigenvalue weighted by molar-refractivity contribution is 5.77. The number of aliphatic hydroxyl groups excluding tert-OH is 1. The average molecular weight is 335 g/mol. The van der Waals surface area contributed by atoms with Crippen molar-refractivity contribution in [3.05, 3.63) is 22.9 Å². The number of aliphatic hydroxyl groups is 1. The van der Waals surface area contributed by atoms with Crippen LogP contribution in [0.4, 0.5) is 0 Å². The van der Waals surface area contributed by atoms with Gasteiger partial charge < -0.3 is 14.7 Å². The summed E-state index contributed by atoms with van der Waals surface area (Å²) < 4.78 is 8.38. The smallest absolute Gasteiger partial charge is 0.264 e. The molecule has 24 heavy (non-hydrogen) atoms. The lowest BCUT2D eigenvalue weighted by Crippen LogP contribution is -2.49. The first-order valence-electron chi connectivity index (χ1n) is 7.94.